The molecule has 4 aromatic rings. The van der Waals surface area contributed by atoms with Gasteiger partial charge in [-0.15, -0.1) is 0 Å². The molecule has 5 rings (SSSR count). The molecule has 1 aliphatic heterocycles. The molecule has 0 aliphatic carbocycles. The van der Waals surface area contributed by atoms with Crippen molar-refractivity contribution in [1.29, 1.82) is 5.26 Å². The zero-order chi connectivity index (χ0) is 23.2. The maximum absolute atomic E-state index is 13.8. The first-order valence-corrected chi connectivity index (χ1v) is 10.3. The highest BCUT2D eigenvalue weighted by Gasteiger charge is 2.38. The van der Waals surface area contributed by atoms with Crippen LogP contribution >= 0.6 is 0 Å². The van der Waals surface area contributed by atoms with Crippen LogP contribution in [0.2, 0.25) is 0 Å². The summed E-state index contributed by atoms with van der Waals surface area (Å²) in [6, 6.07) is 8.65. The number of nitrogens with one attached hydrogen (secondary N) is 1. The van der Waals surface area contributed by atoms with Gasteiger partial charge in [0.1, 0.15) is 11.1 Å². The van der Waals surface area contributed by atoms with Gasteiger partial charge in [0.15, 0.2) is 5.65 Å². The van der Waals surface area contributed by atoms with Crippen molar-refractivity contribution >= 4 is 33.7 Å². The molecule has 9 nitrogen and oxygen atoms in total. The summed E-state index contributed by atoms with van der Waals surface area (Å²) in [7, 11) is 1.58. The minimum Gasteiger partial charge on any atom is -0.381 e. The number of hydrogen-bond donors (Lipinski definition) is 1. The highest BCUT2D eigenvalue weighted by molar-refractivity contribution is 5.85. The van der Waals surface area contributed by atoms with Gasteiger partial charge in [0.05, 0.1) is 23.5 Å². The summed E-state index contributed by atoms with van der Waals surface area (Å²) in [5, 5.41) is 13.5. The highest BCUT2D eigenvalue weighted by Crippen LogP contribution is 2.33. The zero-order valence-electron chi connectivity index (χ0n) is 17.6. The number of aryl methyl sites for hydroxylation is 1. The molecule has 0 bridgehead atoms. The Morgan fingerprint density at radius 3 is 2.79 bits per heavy atom. The number of rotatable bonds is 4. The summed E-state index contributed by atoms with van der Waals surface area (Å²) in [5.41, 5.74) is -0.479. The number of pyridine rings is 1. The smallest absolute Gasteiger partial charge is 0.331 e. The molecule has 0 atom stereocenters. The normalized spacial score (nSPS) is 15.7. The fourth-order valence-corrected chi connectivity index (χ4v) is 4.20. The summed E-state index contributed by atoms with van der Waals surface area (Å²) >= 11 is 0. The third-order valence-electron chi connectivity index (χ3n) is 6.01. The van der Waals surface area contributed by atoms with Gasteiger partial charge < -0.3 is 10.1 Å². The van der Waals surface area contributed by atoms with Gasteiger partial charge in [0.25, 0.3) is 6.43 Å². The zero-order valence-corrected chi connectivity index (χ0v) is 17.6. The first-order chi connectivity index (χ1) is 15.9. The number of ether oxygens (including phenoxy) is 1. The SMILES string of the molecule is Cn1c(=O)n(C2(C#N)CCOCC2)c2nc(Nc3cc4cccnc4cc3C(F)F)ncc21. The minimum absolute atomic E-state index is 0.0344. The van der Waals surface area contributed by atoms with Crippen LogP contribution in [0.3, 0.4) is 0 Å². The molecular weight excluding hydrogens is 432 g/mol. The summed E-state index contributed by atoms with van der Waals surface area (Å²) < 4.78 is 35.7. The maximum Gasteiger partial charge on any atom is 0.331 e. The third kappa shape index (κ3) is 3.39. The number of anilines is 2. The lowest BCUT2D eigenvalue weighted by atomic mass is 9.91. The Morgan fingerprint density at radius 1 is 1.27 bits per heavy atom. The number of nitrogens with zero attached hydrogens (tertiary/aromatic N) is 6. The molecule has 1 saturated heterocycles. The molecule has 168 valence electrons. The summed E-state index contributed by atoms with van der Waals surface area (Å²) in [6.07, 6.45) is 0.905. The van der Waals surface area contributed by atoms with Gasteiger partial charge in [-0.25, -0.2) is 18.6 Å². The van der Waals surface area contributed by atoms with E-state index >= 15 is 0 Å². The van der Waals surface area contributed by atoms with Crippen LogP contribution in [0, 0.1) is 11.3 Å². The van der Waals surface area contributed by atoms with E-state index in [1.807, 2.05) is 0 Å². The van der Waals surface area contributed by atoms with E-state index in [0.29, 0.717) is 42.5 Å². The number of alkyl halides is 2. The van der Waals surface area contributed by atoms with Crippen LogP contribution in [0.4, 0.5) is 20.4 Å². The molecule has 11 heteroatoms. The predicted octanol–water partition coefficient (Wildman–Crippen LogP) is 3.39. The number of benzene rings is 1. The molecule has 0 radical (unpaired) electrons. The van der Waals surface area contributed by atoms with Gasteiger partial charge in [-0.05, 0) is 18.2 Å². The van der Waals surface area contributed by atoms with E-state index in [4.69, 9.17) is 4.74 Å². The van der Waals surface area contributed by atoms with Crippen molar-refractivity contribution in [2.75, 3.05) is 18.5 Å². The molecule has 1 aliphatic rings. The van der Waals surface area contributed by atoms with Gasteiger partial charge in [-0.3, -0.25) is 14.1 Å². The average molecular weight is 451 g/mol. The molecule has 1 fully saturated rings. The predicted molar refractivity (Wildman–Crippen MR) is 116 cm³/mol. The lowest BCUT2D eigenvalue weighted by Crippen LogP contribution is -2.44. The van der Waals surface area contributed by atoms with E-state index in [1.54, 1.807) is 25.2 Å². The lowest BCUT2D eigenvalue weighted by molar-refractivity contribution is 0.0448. The summed E-state index contributed by atoms with van der Waals surface area (Å²) in [6.45, 7) is 0.685. The average Bonchev–Trinajstić information content (AvgIpc) is 3.08. The van der Waals surface area contributed by atoms with Crippen molar-refractivity contribution in [1.82, 2.24) is 24.1 Å². The van der Waals surface area contributed by atoms with Crippen LogP contribution in [-0.4, -0.2) is 37.3 Å². The Kier molecular flexibility index (Phi) is 5.02. The van der Waals surface area contributed by atoms with E-state index in [-0.39, 0.29) is 22.8 Å². The quantitative estimate of drug-likeness (QED) is 0.506. The third-order valence-corrected chi connectivity index (χ3v) is 6.01. The highest BCUT2D eigenvalue weighted by atomic mass is 19.3. The van der Waals surface area contributed by atoms with Gasteiger partial charge >= 0.3 is 5.69 Å². The van der Waals surface area contributed by atoms with Crippen molar-refractivity contribution in [3.05, 3.63) is 52.7 Å². The van der Waals surface area contributed by atoms with E-state index in [1.165, 1.54) is 27.6 Å². The van der Waals surface area contributed by atoms with Crippen LogP contribution in [0.15, 0.2) is 41.5 Å². The summed E-state index contributed by atoms with van der Waals surface area (Å²) in [5.74, 6) is 0.0344. The number of imidazole rings is 1. The first-order valence-electron chi connectivity index (χ1n) is 10.3. The molecule has 33 heavy (non-hydrogen) atoms. The molecule has 1 N–H and O–H groups in total. The van der Waals surface area contributed by atoms with Crippen LogP contribution in [-0.2, 0) is 17.3 Å². The molecule has 0 spiro atoms. The van der Waals surface area contributed by atoms with Crippen molar-refractivity contribution < 1.29 is 13.5 Å². The van der Waals surface area contributed by atoms with Crippen molar-refractivity contribution in [2.45, 2.75) is 24.8 Å². The molecular formula is C22H19F2N7O2. The van der Waals surface area contributed by atoms with Crippen LogP contribution in [0.25, 0.3) is 22.1 Å². The Hall–Kier alpha value is -3.91. The maximum atomic E-state index is 13.8. The van der Waals surface area contributed by atoms with Gasteiger partial charge in [-0.1, -0.05) is 6.07 Å². The van der Waals surface area contributed by atoms with Crippen molar-refractivity contribution in [3.63, 3.8) is 0 Å². The van der Waals surface area contributed by atoms with Crippen molar-refractivity contribution in [2.24, 2.45) is 7.05 Å². The van der Waals surface area contributed by atoms with E-state index in [0.717, 1.165) is 0 Å². The second-order valence-corrected chi connectivity index (χ2v) is 7.90. The second kappa shape index (κ2) is 7.90. The van der Waals surface area contributed by atoms with Crippen LogP contribution in [0.1, 0.15) is 24.8 Å². The molecule has 0 amide bonds. The van der Waals surface area contributed by atoms with E-state index in [9.17, 15) is 18.8 Å². The number of halogens is 2. The van der Waals surface area contributed by atoms with E-state index in [2.05, 4.69) is 26.3 Å². The number of hydrogen-bond acceptors (Lipinski definition) is 7. The van der Waals surface area contributed by atoms with Gasteiger partial charge in [0.2, 0.25) is 5.95 Å². The number of nitriles is 1. The molecule has 0 saturated carbocycles. The largest absolute Gasteiger partial charge is 0.381 e. The fraction of sp³-hybridized carbons (Fsp3) is 0.318. The summed E-state index contributed by atoms with van der Waals surface area (Å²) in [4.78, 5) is 25.9. The minimum atomic E-state index is -2.75. The van der Waals surface area contributed by atoms with E-state index < -0.39 is 17.7 Å². The molecule has 4 heterocycles. The Morgan fingerprint density at radius 2 is 2.06 bits per heavy atom. The van der Waals surface area contributed by atoms with Gasteiger partial charge in [0, 0.05) is 50.2 Å². The fourth-order valence-electron chi connectivity index (χ4n) is 4.20. The number of aromatic nitrogens is 5. The lowest BCUT2D eigenvalue weighted by Gasteiger charge is -2.31. The topological polar surface area (TPSA) is 111 Å². The molecule has 0 unspecified atom stereocenters. The van der Waals surface area contributed by atoms with Crippen molar-refractivity contribution in [3.8, 4) is 6.07 Å². The Labute approximate surface area is 186 Å². The number of fused-ring (bicyclic) bond motifs is 2. The first kappa shape index (κ1) is 21.0. The van der Waals surface area contributed by atoms with Gasteiger partial charge in [-0.2, -0.15) is 10.2 Å². The van der Waals surface area contributed by atoms with Crippen LogP contribution in [0.5, 0.6) is 0 Å². The standard InChI is InChI=1S/C22H19F2N7O2/c1-30-17-11-27-20(28-16-9-13-3-2-6-26-15(13)10-14(16)18(23)24)29-19(17)31(21(30)32)22(12-25)4-7-33-8-5-22/h2-3,6,9-11,18H,4-5,7-8H2,1H3,(H,27,28,29). The molecule has 1 aromatic carbocycles. The monoisotopic (exact) mass is 451 g/mol. The van der Waals surface area contributed by atoms with Crippen LogP contribution < -0.4 is 11.0 Å². The Balaban J connectivity index is 1.65. The Bertz CT molecular complexity index is 1470. The molecule has 3 aromatic heterocycles. The second-order valence-electron chi connectivity index (χ2n) is 7.90.